The molecule has 29 heavy (non-hydrogen) atoms. The topological polar surface area (TPSA) is 162 Å². The van der Waals surface area contributed by atoms with Gasteiger partial charge in [0.2, 0.25) is 11.8 Å². The number of anilines is 1. The molecule has 0 aliphatic carbocycles. The van der Waals surface area contributed by atoms with Crippen molar-refractivity contribution in [2.24, 2.45) is 11.7 Å². The molecule has 0 saturated carbocycles. The van der Waals surface area contributed by atoms with Crippen molar-refractivity contribution < 1.29 is 29.4 Å². The molecule has 6 N–H and O–H groups in total. The minimum atomic E-state index is -0.833. The lowest BCUT2D eigenvalue weighted by Crippen LogP contribution is -2.35. The van der Waals surface area contributed by atoms with Crippen molar-refractivity contribution in [1.29, 1.82) is 0 Å². The second-order valence-corrected chi connectivity index (χ2v) is 6.83. The first-order valence-corrected chi connectivity index (χ1v) is 9.13. The zero-order valence-corrected chi connectivity index (χ0v) is 16.6. The normalized spacial score (nSPS) is 19.7. The highest BCUT2D eigenvalue weighted by Crippen LogP contribution is 2.24. The lowest BCUT2D eigenvalue weighted by molar-refractivity contribution is -0.135. The second kappa shape index (κ2) is 11.8. The summed E-state index contributed by atoms with van der Waals surface area (Å²) < 4.78 is 0. The summed E-state index contributed by atoms with van der Waals surface area (Å²) >= 11 is 0. The first-order chi connectivity index (χ1) is 13.6. The van der Waals surface area contributed by atoms with Crippen LogP contribution in [0.4, 0.5) is 5.69 Å². The largest absolute Gasteiger partial charge is 0.481 e. The first kappa shape index (κ1) is 24.1. The monoisotopic (exact) mass is 408 g/mol. The molecule has 2 amide bonds. The summed E-state index contributed by atoms with van der Waals surface area (Å²) in [6, 6.07) is 7.16. The number of carbonyl (C=O) groups excluding carboxylic acids is 2. The average Bonchev–Trinajstić information content (AvgIpc) is 3.15. The van der Waals surface area contributed by atoms with Crippen molar-refractivity contribution in [3.05, 3.63) is 29.8 Å². The smallest absolute Gasteiger partial charge is 0.300 e. The molecule has 2 heterocycles. The number of hydrogen-bond acceptors (Lipinski definition) is 6. The minimum absolute atomic E-state index is 0.0261. The van der Waals surface area contributed by atoms with E-state index < -0.39 is 17.8 Å². The highest BCUT2D eigenvalue weighted by atomic mass is 16.4. The van der Waals surface area contributed by atoms with E-state index in [0.29, 0.717) is 29.8 Å². The van der Waals surface area contributed by atoms with Crippen molar-refractivity contribution in [2.75, 3.05) is 31.5 Å². The number of carbonyl (C=O) groups is 4. The Labute approximate surface area is 169 Å². The van der Waals surface area contributed by atoms with Crippen LogP contribution in [0.1, 0.15) is 30.6 Å². The van der Waals surface area contributed by atoms with Crippen molar-refractivity contribution in [2.45, 2.75) is 26.3 Å². The van der Waals surface area contributed by atoms with Gasteiger partial charge >= 0.3 is 0 Å². The van der Waals surface area contributed by atoms with E-state index in [1.54, 1.807) is 24.3 Å². The number of benzene rings is 1. The summed E-state index contributed by atoms with van der Waals surface area (Å²) in [4.78, 5) is 43.2. The van der Waals surface area contributed by atoms with Gasteiger partial charge in [0.05, 0.1) is 6.54 Å². The molecule has 0 bridgehead atoms. The van der Waals surface area contributed by atoms with E-state index in [2.05, 4.69) is 15.5 Å². The number of nitrogens with zero attached hydrogens (tertiary/aromatic N) is 1. The Hall–Kier alpha value is -2.98. The third kappa shape index (κ3) is 9.67. The van der Waals surface area contributed by atoms with Gasteiger partial charge in [0.1, 0.15) is 0 Å². The van der Waals surface area contributed by atoms with E-state index in [9.17, 15) is 9.59 Å². The van der Waals surface area contributed by atoms with Crippen molar-refractivity contribution in [1.82, 2.24) is 10.2 Å². The second-order valence-electron chi connectivity index (χ2n) is 6.83. The van der Waals surface area contributed by atoms with Crippen molar-refractivity contribution in [3.63, 3.8) is 0 Å². The highest BCUT2D eigenvalue weighted by molar-refractivity contribution is 5.95. The summed E-state index contributed by atoms with van der Waals surface area (Å²) in [6.07, 6.45) is 1.21. The highest BCUT2D eigenvalue weighted by Gasteiger charge is 2.36. The van der Waals surface area contributed by atoms with E-state index in [1.165, 1.54) is 6.42 Å². The van der Waals surface area contributed by atoms with Gasteiger partial charge in [0, 0.05) is 44.2 Å². The van der Waals surface area contributed by atoms with Gasteiger partial charge in [-0.15, -0.1) is 0 Å². The fraction of sp³-hybridized carbons (Fsp3) is 0.474. The molecular weight excluding hydrogens is 380 g/mol. The number of primary amides is 1. The fourth-order valence-electron chi connectivity index (χ4n) is 3.19. The van der Waals surface area contributed by atoms with Gasteiger partial charge in [-0.25, -0.2) is 0 Å². The predicted octanol–water partition coefficient (Wildman–Crippen LogP) is 0.200. The summed E-state index contributed by atoms with van der Waals surface area (Å²) in [5.74, 6) is -1.47. The van der Waals surface area contributed by atoms with Crippen LogP contribution in [0.25, 0.3) is 0 Å². The molecule has 160 valence electrons. The third-order valence-electron chi connectivity index (χ3n) is 4.26. The quantitative estimate of drug-likeness (QED) is 0.472. The molecule has 0 unspecified atom stereocenters. The van der Waals surface area contributed by atoms with Gasteiger partial charge < -0.3 is 26.6 Å². The lowest BCUT2D eigenvalue weighted by Gasteiger charge is -2.16. The standard InChI is InChI=1S/C15H20N4O2.2C2H4O2/c16-15(21)10-1-3-12(4-2-10)18-14(20)9-19-7-11-5-6-17-13(11)8-19;2*1-2(3)4/h1-4,11,13,17H,5-9H2,(H2,16,21)(H,18,20);2*1H3,(H,3,4)/t11-,13+;;/m0../s1. The first-order valence-electron chi connectivity index (χ1n) is 9.13. The molecule has 10 heteroatoms. The Kier molecular flexibility index (Phi) is 9.76. The molecule has 1 aromatic carbocycles. The molecule has 2 saturated heterocycles. The van der Waals surface area contributed by atoms with E-state index in [0.717, 1.165) is 33.5 Å². The SMILES string of the molecule is CC(=O)O.CC(=O)O.NC(=O)c1ccc(NC(=O)CN2C[C@@H]3CCN[C@@H]3C2)cc1. The van der Waals surface area contributed by atoms with E-state index in [-0.39, 0.29) is 5.91 Å². The number of amides is 2. The number of carboxylic acids is 2. The minimum Gasteiger partial charge on any atom is -0.481 e. The molecule has 10 nitrogen and oxygen atoms in total. The van der Waals surface area contributed by atoms with Crippen molar-refractivity contribution >= 4 is 29.4 Å². The maximum Gasteiger partial charge on any atom is 0.300 e. The van der Waals surface area contributed by atoms with Gasteiger partial charge in [-0.2, -0.15) is 0 Å². The van der Waals surface area contributed by atoms with Crippen molar-refractivity contribution in [3.8, 4) is 0 Å². The maximum atomic E-state index is 12.0. The zero-order valence-electron chi connectivity index (χ0n) is 16.6. The summed E-state index contributed by atoms with van der Waals surface area (Å²) in [6.45, 7) is 5.61. The molecule has 2 aliphatic rings. The van der Waals surface area contributed by atoms with Gasteiger partial charge in [-0.1, -0.05) is 0 Å². The number of carboxylic acid groups (broad SMARTS) is 2. The third-order valence-corrected chi connectivity index (χ3v) is 4.26. The Morgan fingerprint density at radius 3 is 2.14 bits per heavy atom. The molecule has 0 spiro atoms. The number of nitrogens with two attached hydrogens (primary N) is 1. The zero-order chi connectivity index (χ0) is 22.0. The maximum absolute atomic E-state index is 12.0. The van der Waals surface area contributed by atoms with E-state index >= 15 is 0 Å². The van der Waals surface area contributed by atoms with E-state index in [1.807, 2.05) is 0 Å². The molecule has 2 aliphatic heterocycles. The van der Waals surface area contributed by atoms with Crippen LogP contribution < -0.4 is 16.4 Å². The van der Waals surface area contributed by atoms with Gasteiger partial charge in [-0.05, 0) is 43.1 Å². The number of likely N-dealkylation sites (tertiary alicyclic amines) is 1. The van der Waals surface area contributed by atoms with Gasteiger partial charge in [0.25, 0.3) is 11.9 Å². The van der Waals surface area contributed by atoms with Gasteiger partial charge in [0.15, 0.2) is 0 Å². The summed E-state index contributed by atoms with van der Waals surface area (Å²) in [5, 5.41) is 21.2. The number of aliphatic carboxylic acids is 2. The van der Waals surface area contributed by atoms with E-state index in [4.69, 9.17) is 25.5 Å². The molecule has 0 radical (unpaired) electrons. The number of rotatable bonds is 4. The van der Waals surface area contributed by atoms with Crippen LogP contribution in [0.3, 0.4) is 0 Å². The van der Waals surface area contributed by atoms with Gasteiger partial charge in [-0.3, -0.25) is 24.1 Å². The lowest BCUT2D eigenvalue weighted by atomic mass is 10.1. The number of fused-ring (bicyclic) bond motifs is 1. The molecule has 2 atom stereocenters. The molecule has 2 fully saturated rings. The van der Waals surface area contributed by atoms with Crippen LogP contribution in [-0.4, -0.2) is 71.1 Å². The Morgan fingerprint density at radius 2 is 1.66 bits per heavy atom. The molecule has 0 aromatic heterocycles. The van der Waals surface area contributed by atoms with Crippen LogP contribution in [0.2, 0.25) is 0 Å². The average molecular weight is 408 g/mol. The van der Waals surface area contributed by atoms with Crippen LogP contribution >= 0.6 is 0 Å². The molecular formula is C19H28N4O6. The Balaban J connectivity index is 0.000000452. The van der Waals surface area contributed by atoms with Crippen LogP contribution in [0.15, 0.2) is 24.3 Å². The summed E-state index contributed by atoms with van der Waals surface area (Å²) in [7, 11) is 0. The van der Waals surface area contributed by atoms with Crippen LogP contribution in [0, 0.1) is 5.92 Å². The number of nitrogens with one attached hydrogen (secondary N) is 2. The molecule has 1 aromatic rings. The predicted molar refractivity (Wildman–Crippen MR) is 107 cm³/mol. The summed E-state index contributed by atoms with van der Waals surface area (Å²) in [5.41, 5.74) is 6.30. The van der Waals surface area contributed by atoms with Crippen LogP contribution in [-0.2, 0) is 14.4 Å². The fourth-order valence-corrected chi connectivity index (χ4v) is 3.19. The van der Waals surface area contributed by atoms with Crippen LogP contribution in [0.5, 0.6) is 0 Å². The Bertz CT molecular complexity index is 690. The Morgan fingerprint density at radius 1 is 1.10 bits per heavy atom. The number of hydrogen-bond donors (Lipinski definition) is 5. The molecule has 3 rings (SSSR count).